The number of carboxylic acid groups (broad SMARTS) is 3. The van der Waals surface area contributed by atoms with Crippen molar-refractivity contribution in [2.24, 2.45) is 23.1 Å². The quantitative estimate of drug-likeness (QED) is 0.0261. The number of carbonyl (C=O) groups excluding carboxylic acids is 17. The molecule has 0 saturated carbocycles. The zero-order chi connectivity index (χ0) is 99.6. The van der Waals surface area contributed by atoms with Gasteiger partial charge < -0.3 is 130 Å². The molecule has 4 fully saturated rings. The van der Waals surface area contributed by atoms with Crippen molar-refractivity contribution < 1.29 is 121 Å². The number of likely N-dealkylation sites (N-methyl/N-ethyl adjacent to an activating group) is 2. The predicted molar refractivity (Wildman–Crippen MR) is 485 cm³/mol. The number of para-hydroxylation sites is 2. The summed E-state index contributed by atoms with van der Waals surface area (Å²) >= 11 is 0. The van der Waals surface area contributed by atoms with E-state index in [2.05, 4.69) is 58.2 Å². The highest BCUT2D eigenvalue weighted by atomic mass is 16.4. The lowest BCUT2D eigenvalue weighted by atomic mass is 9.97. The number of H-pyrrole nitrogens is 1. The smallest absolute Gasteiger partial charge is 0.323 e. The first kappa shape index (κ1) is 106. The summed E-state index contributed by atoms with van der Waals surface area (Å²) in [5.74, 6) is -23.4. The van der Waals surface area contributed by atoms with Crippen molar-refractivity contribution in [2.75, 3.05) is 46.8 Å². The summed E-state index contributed by atoms with van der Waals surface area (Å²) in [6.07, 6.45) is -3.43. The maximum Gasteiger partial charge on any atom is 0.323 e. The molecule has 136 heavy (non-hydrogen) atoms. The van der Waals surface area contributed by atoms with E-state index < -0.39 is 287 Å². The number of aliphatic hydroxyl groups excluding tert-OH is 1. The van der Waals surface area contributed by atoms with E-state index in [-0.39, 0.29) is 81.7 Å². The molecule has 738 valence electrons. The number of phenols is 1. The standard InChI is InChI=1S/C91H124N20O25/c1-7-9-21-67-83(128)100-58(34-48(3)4)80(125)105-65(78(94)123)43-95-44-74(116)97-61(35-49-26-28-52(112)29-27-49)88(133)109-32-16-15-24-68(109)85(130)104-63(40-75(117)118)89(134)110-33-17-25-69(110)84(129)98-57(30-31-72(92)114)79(124)103-64(41-76(119)120)90(135)111-46-53(113)38-71(111)86(131)101-59(36-50-42-96-56-20-13-11-18-54(50)56)81(126)99-60(39-73(93)115)82(127)102-62(87(132)107(6)70(22-10-8-2)91(136)106(67)5)37-51-45-108(47-77(121)122)66-23-14-12-19-55(51)66/h11-14,18-20,23,26-29,42,45,48,53,57-65,67-71,95-96,112-113H,7-10,15-17,21-22,24-25,30-41,43-44,46-47H2,1-6H3,(H2,92,114)(H2,93,115)(H2,94,123)(H,97,116)(H,98,129)(H,99,126)(H,100,128)(H,101,131)(H,102,127)(H,103,124)(H,104,130)(H,105,125)(H,117,118)(H,119,120)(H,121,122)/t53-,57+,58+,59+,60+,61+,62+,63+,64+,65+,67+,68+,69+,70+,71+/m1/s1. The number of aromatic nitrogens is 2. The number of carboxylic acids is 3. The summed E-state index contributed by atoms with van der Waals surface area (Å²) in [6, 6.07) is -5.34. The molecule has 0 aliphatic carbocycles. The number of aliphatic hydroxyl groups is 1. The van der Waals surface area contributed by atoms with Gasteiger partial charge in [0.05, 0.1) is 31.9 Å². The molecule has 45 nitrogen and oxygen atoms in total. The number of fused-ring (bicyclic) bond motifs is 5. The number of hydrogen-bond donors (Lipinski definition) is 19. The average molecular weight is 1900 g/mol. The number of primary amides is 3. The number of aromatic amines is 1. The van der Waals surface area contributed by atoms with Crippen LogP contribution in [-0.4, -0.2) is 315 Å². The van der Waals surface area contributed by atoms with Gasteiger partial charge in [-0.2, -0.15) is 0 Å². The highest BCUT2D eigenvalue weighted by Gasteiger charge is 2.48. The van der Waals surface area contributed by atoms with Crippen molar-refractivity contribution in [1.82, 2.24) is 87.2 Å². The molecule has 4 aliphatic heterocycles. The number of carbonyl (C=O) groups is 20. The Kier molecular flexibility index (Phi) is 38.2. The molecule has 0 bridgehead atoms. The molecule has 4 saturated heterocycles. The van der Waals surface area contributed by atoms with Crippen LogP contribution in [-0.2, 0) is 122 Å². The maximum atomic E-state index is 15.9. The van der Waals surface area contributed by atoms with Gasteiger partial charge in [0.2, 0.25) is 100 Å². The lowest BCUT2D eigenvalue weighted by molar-refractivity contribution is -0.149. The Morgan fingerprint density at radius 2 is 0.993 bits per heavy atom. The number of amides is 17. The number of benzene rings is 3. The molecule has 22 N–H and O–H groups in total. The van der Waals surface area contributed by atoms with Crippen LogP contribution < -0.4 is 70.4 Å². The van der Waals surface area contributed by atoms with Gasteiger partial charge in [0, 0.05) is 107 Å². The Hall–Kier alpha value is -14.1. The van der Waals surface area contributed by atoms with E-state index in [1.165, 1.54) is 55.3 Å². The van der Waals surface area contributed by atoms with E-state index in [1.807, 2.05) is 6.92 Å². The Morgan fingerprint density at radius 3 is 1.61 bits per heavy atom. The maximum absolute atomic E-state index is 15.9. The minimum Gasteiger partial charge on any atom is -0.508 e. The van der Waals surface area contributed by atoms with E-state index >= 15 is 38.4 Å². The van der Waals surface area contributed by atoms with Crippen LogP contribution in [0, 0.1) is 5.92 Å². The Labute approximate surface area is 782 Å². The van der Waals surface area contributed by atoms with Crippen molar-refractivity contribution in [3.05, 3.63) is 102 Å². The van der Waals surface area contributed by atoms with Gasteiger partial charge in [-0.05, 0) is 105 Å². The number of rotatable bonds is 26. The van der Waals surface area contributed by atoms with Crippen LogP contribution in [0.3, 0.4) is 0 Å². The summed E-state index contributed by atoms with van der Waals surface area (Å²) in [6.45, 7) is 4.18. The first-order valence-electron chi connectivity index (χ1n) is 45.5. The molecule has 45 heteroatoms. The fourth-order valence-electron chi connectivity index (χ4n) is 17.6. The predicted octanol–water partition coefficient (Wildman–Crippen LogP) is -3.10. The number of nitrogens with zero attached hydrogens (tertiary/aromatic N) is 6. The zero-order valence-corrected chi connectivity index (χ0v) is 76.7. The van der Waals surface area contributed by atoms with Gasteiger partial charge in [-0.25, -0.2) is 0 Å². The number of phenolic OH excluding ortho intramolecular Hbond substituents is 1. The van der Waals surface area contributed by atoms with Crippen LogP contribution in [0.25, 0.3) is 21.8 Å². The molecule has 0 unspecified atom stereocenters. The van der Waals surface area contributed by atoms with Gasteiger partial charge in [0.15, 0.2) is 0 Å². The highest BCUT2D eigenvalue weighted by molar-refractivity contribution is 6.03. The second kappa shape index (κ2) is 49.2. The van der Waals surface area contributed by atoms with Crippen molar-refractivity contribution in [2.45, 2.75) is 260 Å². The zero-order valence-electron chi connectivity index (χ0n) is 76.7. The van der Waals surface area contributed by atoms with E-state index in [9.17, 15) is 83.1 Å². The van der Waals surface area contributed by atoms with E-state index in [0.29, 0.717) is 69.9 Å². The molecule has 5 aromatic rings. The van der Waals surface area contributed by atoms with Crippen molar-refractivity contribution in [1.29, 1.82) is 0 Å². The number of aliphatic carboxylic acids is 3. The average Bonchev–Trinajstić information content (AvgIpc) is 1.64. The summed E-state index contributed by atoms with van der Waals surface area (Å²) in [7, 11) is 2.58. The molecular formula is C91H124N20O25. The summed E-state index contributed by atoms with van der Waals surface area (Å²) in [5, 5.41) is 78.9. The van der Waals surface area contributed by atoms with Crippen LogP contribution in [0.1, 0.15) is 160 Å². The molecule has 6 heterocycles. The second-order valence-corrected chi connectivity index (χ2v) is 35.3. The number of unbranched alkanes of at least 4 members (excludes halogenated alkanes) is 2. The van der Waals surface area contributed by atoms with Crippen LogP contribution >= 0.6 is 0 Å². The number of nitrogens with two attached hydrogens (primary N) is 3. The summed E-state index contributed by atoms with van der Waals surface area (Å²) in [4.78, 5) is 296. The minimum absolute atomic E-state index is 0.0252. The molecule has 9 rings (SSSR count). The van der Waals surface area contributed by atoms with E-state index in [1.54, 1.807) is 69.3 Å². The van der Waals surface area contributed by atoms with E-state index in [0.717, 1.165) is 19.6 Å². The number of hydrogen-bond acceptors (Lipinski definition) is 23. The Morgan fingerprint density at radius 1 is 0.478 bits per heavy atom. The number of aromatic hydroxyl groups is 1. The minimum atomic E-state index is -2.19. The Balaban J connectivity index is 1.12. The number of nitrogens with one attached hydrogen (secondary N) is 11. The largest absolute Gasteiger partial charge is 0.508 e. The van der Waals surface area contributed by atoms with Gasteiger partial charge in [-0.3, -0.25) is 95.9 Å². The van der Waals surface area contributed by atoms with Gasteiger partial charge in [0.25, 0.3) is 0 Å². The number of piperidine rings is 1. The first-order valence-corrected chi connectivity index (χ1v) is 45.5. The lowest BCUT2D eigenvalue weighted by Gasteiger charge is -2.38. The molecule has 4 aliphatic rings. The lowest BCUT2D eigenvalue weighted by Crippen LogP contribution is -2.61. The van der Waals surface area contributed by atoms with Crippen LogP contribution in [0.4, 0.5) is 0 Å². The van der Waals surface area contributed by atoms with Crippen molar-refractivity contribution >= 4 is 140 Å². The van der Waals surface area contributed by atoms with Crippen molar-refractivity contribution in [3.63, 3.8) is 0 Å². The van der Waals surface area contributed by atoms with Gasteiger partial charge in [0.1, 0.15) is 96.9 Å². The topological polar surface area (TPSA) is 678 Å². The normalized spacial score (nSPS) is 25.1. The summed E-state index contributed by atoms with van der Waals surface area (Å²) in [5.41, 5.74) is 19.2. The van der Waals surface area contributed by atoms with Crippen LogP contribution in [0.2, 0.25) is 0 Å². The third kappa shape index (κ3) is 28.7. The molecule has 3 aromatic carbocycles. The van der Waals surface area contributed by atoms with Gasteiger partial charge >= 0.3 is 17.9 Å². The van der Waals surface area contributed by atoms with Crippen LogP contribution in [0.15, 0.2) is 85.2 Å². The fourth-order valence-corrected chi connectivity index (χ4v) is 17.6. The fraction of sp³-hybridized carbons (Fsp3) is 0.538. The Bertz CT molecular complexity index is 5250. The van der Waals surface area contributed by atoms with Crippen molar-refractivity contribution in [3.8, 4) is 5.75 Å². The van der Waals surface area contributed by atoms with Crippen LogP contribution in [0.5, 0.6) is 5.75 Å². The molecule has 0 radical (unpaired) electrons. The monoisotopic (exact) mass is 1900 g/mol. The molecular weight excluding hydrogens is 1770 g/mol. The molecule has 17 amide bonds. The molecule has 2 aromatic heterocycles. The third-order valence-corrected chi connectivity index (χ3v) is 24.6. The third-order valence-electron chi connectivity index (χ3n) is 24.6. The first-order chi connectivity index (χ1) is 64.6. The second-order valence-electron chi connectivity index (χ2n) is 35.3. The molecule has 0 spiro atoms. The SMILES string of the molecule is CCCC[C@H]1C(=O)N(C)[C@@H](CCCC)C(=O)N[C@@H](CC(C)C)C(=O)N[C@H](C(N)=O)CNCC(=O)N[C@@H](Cc2ccc(O)cc2)C(=O)N2CCCC[C@H]2C(=O)N[C@@H](CC(=O)O)C(=O)N2CCC[C@H]2C(=O)N[C@@H](CCC(N)=O)C(=O)N[C@@H](CC(=O)O)C(=O)N2C[C@H](O)C[C@H]2C(=O)N[C@@H](Cc2c[nH]c3ccccc23)C(=O)N[C@@H](CC(N)=O)C(=O)N[C@@H](Cc2cn(CC(=O)O)c3ccccc23)C(=O)N1C. The van der Waals surface area contributed by atoms with Gasteiger partial charge in [-0.1, -0.05) is 102 Å². The summed E-state index contributed by atoms with van der Waals surface area (Å²) < 4.78 is 1.37. The van der Waals surface area contributed by atoms with E-state index in [4.69, 9.17) is 17.2 Å². The highest BCUT2D eigenvalue weighted by Crippen LogP contribution is 2.30. The molecule has 15 atom stereocenters. The van der Waals surface area contributed by atoms with Gasteiger partial charge in [-0.15, -0.1) is 0 Å².